The maximum absolute atomic E-state index is 3.91. The van der Waals surface area contributed by atoms with Crippen molar-refractivity contribution in [2.24, 2.45) is 0 Å². The Morgan fingerprint density at radius 3 is 1.70 bits per heavy atom. The molecule has 1 aliphatic carbocycles. The third-order valence-electron chi connectivity index (χ3n) is 4.42. The van der Waals surface area contributed by atoms with Crippen molar-refractivity contribution >= 4 is 8.24 Å². The summed E-state index contributed by atoms with van der Waals surface area (Å²) in [5.74, 6) is 0. The fourth-order valence-corrected chi connectivity index (χ4v) is 6.89. The molecule has 0 spiro atoms. The van der Waals surface area contributed by atoms with Crippen molar-refractivity contribution in [1.82, 2.24) is 4.98 Å². The van der Waals surface area contributed by atoms with Crippen LogP contribution in [0.4, 0.5) is 0 Å². The van der Waals surface area contributed by atoms with E-state index >= 15 is 0 Å². The summed E-state index contributed by atoms with van der Waals surface area (Å²) in [5, 5.41) is 0.244. The SMILES string of the molecule is CC1=CC(C)([Si](C)(C)NC(C)(C)C)C(C)=C1C.[Cl-].[Cl-].[Zr+2]. The molecule has 1 N–H and O–H groups in total. The first-order valence-corrected chi connectivity index (χ1v) is 9.58. The van der Waals surface area contributed by atoms with E-state index in [1.807, 2.05) is 0 Å². The molecule has 0 heterocycles. The maximum Gasteiger partial charge on any atom is 2.00 e. The molecule has 0 saturated carbocycles. The minimum atomic E-state index is -1.56. The van der Waals surface area contributed by atoms with Crippen molar-refractivity contribution in [2.75, 3.05) is 0 Å². The van der Waals surface area contributed by atoms with Crippen molar-refractivity contribution in [1.29, 1.82) is 0 Å². The molecular formula is C15H29Cl2NSiZr. The first-order chi connectivity index (χ1) is 7.41. The summed E-state index contributed by atoms with van der Waals surface area (Å²) in [6.45, 7) is 20.9. The molecule has 20 heavy (non-hydrogen) atoms. The smallest absolute Gasteiger partial charge is 1.00 e. The number of rotatable bonds is 2. The maximum atomic E-state index is 3.91. The molecule has 0 aromatic rings. The monoisotopic (exact) mass is 411 g/mol. The van der Waals surface area contributed by atoms with Gasteiger partial charge in [-0.2, -0.15) is 0 Å². The minimum absolute atomic E-state index is 0. The van der Waals surface area contributed by atoms with Gasteiger partial charge in [-0.15, -0.1) is 0 Å². The Bertz CT molecular complexity index is 397. The number of nitrogens with one attached hydrogen (secondary N) is 1. The molecular weight excluding hydrogens is 384 g/mol. The molecule has 1 atom stereocenters. The summed E-state index contributed by atoms with van der Waals surface area (Å²) in [5.41, 5.74) is 4.70. The summed E-state index contributed by atoms with van der Waals surface area (Å²) >= 11 is 0. The van der Waals surface area contributed by atoms with Crippen LogP contribution in [-0.2, 0) is 26.2 Å². The van der Waals surface area contributed by atoms with Gasteiger partial charge >= 0.3 is 26.2 Å². The number of hydrogen-bond acceptors (Lipinski definition) is 1. The van der Waals surface area contributed by atoms with Crippen LogP contribution in [0.2, 0.25) is 18.1 Å². The van der Waals surface area contributed by atoms with Gasteiger partial charge in [-0.1, -0.05) is 37.2 Å². The Hall–Kier alpha value is 1.12. The zero-order valence-electron chi connectivity index (χ0n) is 14.3. The van der Waals surface area contributed by atoms with Crippen LogP contribution in [0.3, 0.4) is 0 Å². The number of halogens is 2. The van der Waals surface area contributed by atoms with Gasteiger partial charge in [0.15, 0.2) is 0 Å². The predicted octanol–water partition coefficient (Wildman–Crippen LogP) is -1.36. The standard InChI is InChI=1S/C15H29NSi.2ClH.Zr/c1-11-10-15(7,13(3)12(11)2)17(8,9)16-14(4,5)6;;;/h10,16H,1-9H3;2*1H;/q;;;+2/p-2. The van der Waals surface area contributed by atoms with Crippen molar-refractivity contribution in [2.45, 2.75) is 72.1 Å². The third kappa shape index (κ3) is 5.09. The summed E-state index contributed by atoms with van der Waals surface area (Å²) < 4.78 is 0. The fraction of sp³-hybridized carbons (Fsp3) is 0.733. The van der Waals surface area contributed by atoms with Crippen molar-refractivity contribution in [3.05, 3.63) is 22.8 Å². The van der Waals surface area contributed by atoms with E-state index in [1.54, 1.807) is 5.57 Å². The first-order valence-electron chi connectivity index (χ1n) is 6.58. The van der Waals surface area contributed by atoms with Crippen LogP contribution in [0, 0.1) is 0 Å². The third-order valence-corrected chi connectivity index (χ3v) is 8.92. The molecule has 0 aromatic heterocycles. The van der Waals surface area contributed by atoms with Crippen LogP contribution in [-0.4, -0.2) is 13.8 Å². The van der Waals surface area contributed by atoms with Crippen LogP contribution < -0.4 is 29.8 Å². The Morgan fingerprint density at radius 1 is 1.05 bits per heavy atom. The average Bonchev–Trinajstić information content (AvgIpc) is 2.27. The van der Waals surface area contributed by atoms with E-state index in [0.29, 0.717) is 0 Å². The molecule has 0 bridgehead atoms. The zero-order chi connectivity index (χ0) is 13.6. The van der Waals surface area contributed by atoms with E-state index in [0.717, 1.165) is 0 Å². The topological polar surface area (TPSA) is 12.0 Å². The molecule has 0 saturated heterocycles. The van der Waals surface area contributed by atoms with Crippen LogP contribution in [0.15, 0.2) is 22.8 Å². The Balaban J connectivity index is -0.000000963. The molecule has 0 aliphatic heterocycles. The predicted molar refractivity (Wildman–Crippen MR) is 80.9 cm³/mol. The Morgan fingerprint density at radius 2 is 1.45 bits per heavy atom. The quantitative estimate of drug-likeness (QED) is 0.552. The first kappa shape index (κ1) is 26.0. The molecule has 1 unspecified atom stereocenters. The molecule has 1 rings (SSSR count). The zero-order valence-corrected chi connectivity index (χ0v) is 19.3. The van der Waals surface area contributed by atoms with Gasteiger partial charge in [0.1, 0.15) is 8.24 Å². The second kappa shape index (κ2) is 8.11. The average molecular weight is 414 g/mol. The summed E-state index contributed by atoms with van der Waals surface area (Å²) in [6.07, 6.45) is 2.49. The Labute approximate surface area is 158 Å². The molecule has 0 radical (unpaired) electrons. The molecule has 1 nitrogen and oxygen atoms in total. The van der Waals surface area contributed by atoms with E-state index in [2.05, 4.69) is 72.6 Å². The molecule has 1 aliphatic rings. The summed E-state index contributed by atoms with van der Waals surface area (Å²) in [6, 6.07) is 0. The molecule has 0 aromatic carbocycles. The van der Waals surface area contributed by atoms with Gasteiger partial charge in [0, 0.05) is 10.6 Å². The van der Waals surface area contributed by atoms with Gasteiger partial charge in [-0.25, -0.2) is 0 Å². The van der Waals surface area contributed by atoms with E-state index in [-0.39, 0.29) is 61.6 Å². The van der Waals surface area contributed by atoms with Gasteiger partial charge in [0.25, 0.3) is 0 Å². The van der Waals surface area contributed by atoms with Crippen LogP contribution >= 0.6 is 0 Å². The van der Waals surface area contributed by atoms with Crippen molar-refractivity contribution in [3.63, 3.8) is 0 Å². The molecule has 116 valence electrons. The van der Waals surface area contributed by atoms with Crippen LogP contribution in [0.25, 0.3) is 0 Å². The summed E-state index contributed by atoms with van der Waals surface area (Å²) in [7, 11) is -1.56. The molecule has 0 fully saturated rings. The van der Waals surface area contributed by atoms with Gasteiger partial charge in [-0.3, -0.25) is 0 Å². The molecule has 5 heteroatoms. The van der Waals surface area contributed by atoms with E-state index < -0.39 is 8.24 Å². The second-order valence-electron chi connectivity index (χ2n) is 7.28. The normalized spacial score (nSPS) is 22.6. The van der Waals surface area contributed by atoms with E-state index in [4.69, 9.17) is 0 Å². The van der Waals surface area contributed by atoms with E-state index in [9.17, 15) is 0 Å². The number of allylic oxidation sites excluding steroid dienone is 4. The van der Waals surface area contributed by atoms with Gasteiger partial charge in [-0.05, 0) is 47.1 Å². The van der Waals surface area contributed by atoms with Crippen LogP contribution in [0.5, 0.6) is 0 Å². The van der Waals surface area contributed by atoms with Crippen molar-refractivity contribution < 1.29 is 51.0 Å². The van der Waals surface area contributed by atoms with Crippen LogP contribution in [0.1, 0.15) is 48.5 Å². The second-order valence-corrected chi connectivity index (χ2v) is 11.8. The van der Waals surface area contributed by atoms with Gasteiger partial charge in [0.2, 0.25) is 0 Å². The summed E-state index contributed by atoms with van der Waals surface area (Å²) in [4.78, 5) is 3.91. The van der Waals surface area contributed by atoms with Gasteiger partial charge in [0.05, 0.1) is 0 Å². The minimum Gasteiger partial charge on any atom is -1.00 e. The van der Waals surface area contributed by atoms with Gasteiger partial charge < -0.3 is 29.8 Å². The van der Waals surface area contributed by atoms with E-state index in [1.165, 1.54) is 11.1 Å². The van der Waals surface area contributed by atoms with Crippen molar-refractivity contribution in [3.8, 4) is 0 Å². The fourth-order valence-electron chi connectivity index (χ4n) is 3.05. The molecule has 0 amide bonds. The number of hydrogen-bond donors (Lipinski definition) is 1. The Kier molecular flexibility index (Phi) is 10.6. The largest absolute Gasteiger partial charge is 2.00 e.